The van der Waals surface area contributed by atoms with Crippen LogP contribution in [0.4, 0.5) is 0 Å². The molecule has 0 aliphatic heterocycles. The smallest absolute Gasteiger partial charge is 0.335 e. The van der Waals surface area contributed by atoms with Gasteiger partial charge in [-0.3, -0.25) is 9.78 Å². The molecule has 0 fully saturated rings. The Hall–Kier alpha value is -4.05. The van der Waals surface area contributed by atoms with Crippen LogP contribution in [0, 0.1) is 13.8 Å². The summed E-state index contributed by atoms with van der Waals surface area (Å²) in [6.45, 7) is 3.94. The molecule has 4 heteroatoms. The van der Waals surface area contributed by atoms with Crippen molar-refractivity contribution >= 4 is 11.8 Å². The van der Waals surface area contributed by atoms with Gasteiger partial charge in [0.2, 0.25) is 0 Å². The Labute approximate surface area is 193 Å². The summed E-state index contributed by atoms with van der Waals surface area (Å²) < 4.78 is 0. The van der Waals surface area contributed by atoms with E-state index in [1.54, 1.807) is 30.5 Å². The zero-order chi connectivity index (χ0) is 23.4. The molecule has 1 N–H and O–H groups in total. The van der Waals surface area contributed by atoms with E-state index >= 15 is 0 Å². The van der Waals surface area contributed by atoms with Gasteiger partial charge < -0.3 is 5.11 Å². The quantitative estimate of drug-likeness (QED) is 0.338. The van der Waals surface area contributed by atoms with E-state index in [4.69, 9.17) is 0 Å². The van der Waals surface area contributed by atoms with Gasteiger partial charge >= 0.3 is 5.97 Å². The molecule has 0 aliphatic rings. The number of carbonyl (C=O) groups excluding carboxylic acids is 1. The molecule has 0 aliphatic carbocycles. The monoisotopic (exact) mass is 435 g/mol. The average Bonchev–Trinajstić information content (AvgIpc) is 2.83. The van der Waals surface area contributed by atoms with E-state index < -0.39 is 5.97 Å². The first kappa shape index (κ1) is 22.2. The van der Waals surface area contributed by atoms with E-state index in [0.717, 1.165) is 33.5 Å². The van der Waals surface area contributed by atoms with Crippen LogP contribution in [-0.2, 0) is 0 Å². The van der Waals surface area contributed by atoms with Crippen molar-refractivity contribution in [3.63, 3.8) is 0 Å². The van der Waals surface area contributed by atoms with Gasteiger partial charge in [0.15, 0.2) is 5.78 Å². The number of aromatic nitrogens is 1. The summed E-state index contributed by atoms with van der Waals surface area (Å²) >= 11 is 0. The molecule has 0 spiro atoms. The lowest BCUT2D eigenvalue weighted by atomic mass is 9.83. The van der Waals surface area contributed by atoms with Crippen molar-refractivity contribution in [2.24, 2.45) is 0 Å². The number of carboxylic acids is 1. The summed E-state index contributed by atoms with van der Waals surface area (Å²) in [7, 11) is 0. The maximum absolute atomic E-state index is 13.2. The Morgan fingerprint density at radius 2 is 1.55 bits per heavy atom. The summed E-state index contributed by atoms with van der Waals surface area (Å²) in [4.78, 5) is 28.9. The molecule has 4 aromatic rings. The Morgan fingerprint density at radius 3 is 2.27 bits per heavy atom. The van der Waals surface area contributed by atoms with Crippen LogP contribution in [0.3, 0.4) is 0 Å². The standard InChI is InChI=1S/C29H25NO3/c1-19-7-3-4-12-26(19)27(18-28(31)24-13-14-30-20(2)15-24)23-10-5-8-21(16-23)22-9-6-11-25(17-22)29(32)33/h3-17,27H,18H2,1-2H3,(H,32,33). The number of nitrogens with zero attached hydrogens (tertiary/aromatic N) is 1. The molecule has 164 valence electrons. The molecule has 0 saturated carbocycles. The molecule has 0 radical (unpaired) electrons. The summed E-state index contributed by atoms with van der Waals surface area (Å²) in [5.41, 5.74) is 6.71. The minimum atomic E-state index is -0.955. The average molecular weight is 436 g/mol. The maximum atomic E-state index is 13.2. The number of benzene rings is 3. The second kappa shape index (κ2) is 9.61. The van der Waals surface area contributed by atoms with Gasteiger partial charge in [0.05, 0.1) is 5.56 Å². The predicted molar refractivity (Wildman–Crippen MR) is 130 cm³/mol. The first-order valence-electron chi connectivity index (χ1n) is 10.9. The number of aromatic carboxylic acids is 1. The number of carboxylic acid groups (broad SMARTS) is 1. The zero-order valence-electron chi connectivity index (χ0n) is 18.7. The van der Waals surface area contributed by atoms with Crippen LogP contribution in [0.5, 0.6) is 0 Å². The van der Waals surface area contributed by atoms with Crippen molar-refractivity contribution < 1.29 is 14.7 Å². The fraction of sp³-hybridized carbons (Fsp3) is 0.138. The molecule has 4 nitrogen and oxygen atoms in total. The largest absolute Gasteiger partial charge is 0.478 e. The minimum absolute atomic E-state index is 0.0621. The fourth-order valence-corrected chi connectivity index (χ4v) is 4.17. The third-order valence-corrected chi connectivity index (χ3v) is 5.90. The van der Waals surface area contributed by atoms with E-state index in [9.17, 15) is 14.7 Å². The molecule has 0 bridgehead atoms. The van der Waals surface area contributed by atoms with Crippen LogP contribution in [-0.4, -0.2) is 21.8 Å². The van der Waals surface area contributed by atoms with E-state index in [2.05, 4.69) is 30.1 Å². The Kier molecular flexibility index (Phi) is 6.45. The third kappa shape index (κ3) is 5.07. The normalized spacial score (nSPS) is 11.7. The highest BCUT2D eigenvalue weighted by atomic mass is 16.4. The number of carbonyl (C=O) groups is 2. The Bertz CT molecular complexity index is 1330. The highest BCUT2D eigenvalue weighted by molar-refractivity contribution is 5.97. The SMILES string of the molecule is Cc1cc(C(=O)CC(c2cccc(-c3cccc(C(=O)O)c3)c2)c2ccccc2C)ccn1. The van der Waals surface area contributed by atoms with Gasteiger partial charge in [-0.05, 0) is 65.9 Å². The molecule has 1 heterocycles. The van der Waals surface area contributed by atoms with Crippen molar-refractivity contribution in [1.29, 1.82) is 0 Å². The van der Waals surface area contributed by atoms with Crippen molar-refractivity contribution in [3.8, 4) is 11.1 Å². The van der Waals surface area contributed by atoms with Gasteiger partial charge in [0.25, 0.3) is 0 Å². The molecule has 3 aromatic carbocycles. The van der Waals surface area contributed by atoms with Crippen molar-refractivity contribution in [2.45, 2.75) is 26.2 Å². The second-order valence-electron chi connectivity index (χ2n) is 8.23. The van der Waals surface area contributed by atoms with Gasteiger partial charge in [-0.15, -0.1) is 0 Å². The number of ketones is 1. The lowest BCUT2D eigenvalue weighted by Gasteiger charge is -2.21. The molecule has 4 rings (SSSR count). The molecular weight excluding hydrogens is 410 g/mol. The molecular formula is C29H25NO3. The predicted octanol–water partition coefficient (Wildman–Crippen LogP) is 6.47. The topological polar surface area (TPSA) is 67.3 Å². The van der Waals surface area contributed by atoms with Crippen LogP contribution in [0.25, 0.3) is 11.1 Å². The van der Waals surface area contributed by atoms with E-state index in [0.29, 0.717) is 12.0 Å². The molecule has 0 saturated heterocycles. The van der Waals surface area contributed by atoms with Gasteiger partial charge in [0, 0.05) is 29.8 Å². The first-order chi connectivity index (χ1) is 15.9. The van der Waals surface area contributed by atoms with Crippen molar-refractivity contribution in [2.75, 3.05) is 0 Å². The van der Waals surface area contributed by atoms with E-state index in [1.165, 1.54) is 0 Å². The van der Waals surface area contributed by atoms with Crippen LogP contribution in [0.2, 0.25) is 0 Å². The Balaban J connectivity index is 1.76. The summed E-state index contributed by atoms with van der Waals surface area (Å²) in [6, 6.07) is 26.6. The number of hydrogen-bond acceptors (Lipinski definition) is 3. The van der Waals surface area contributed by atoms with Crippen molar-refractivity contribution in [3.05, 3.63) is 125 Å². The third-order valence-electron chi connectivity index (χ3n) is 5.90. The van der Waals surface area contributed by atoms with Gasteiger partial charge in [-0.25, -0.2) is 4.79 Å². The molecule has 1 atom stereocenters. The van der Waals surface area contributed by atoms with E-state index in [-0.39, 0.29) is 17.3 Å². The highest BCUT2D eigenvalue weighted by Gasteiger charge is 2.21. The minimum Gasteiger partial charge on any atom is -0.478 e. The fourth-order valence-electron chi connectivity index (χ4n) is 4.17. The number of pyridine rings is 1. The number of aryl methyl sites for hydroxylation is 2. The zero-order valence-corrected chi connectivity index (χ0v) is 18.7. The van der Waals surface area contributed by atoms with Crippen molar-refractivity contribution in [1.82, 2.24) is 4.98 Å². The molecule has 1 unspecified atom stereocenters. The van der Waals surface area contributed by atoms with Crippen LogP contribution >= 0.6 is 0 Å². The highest BCUT2D eigenvalue weighted by Crippen LogP contribution is 2.34. The lowest BCUT2D eigenvalue weighted by Crippen LogP contribution is -2.11. The summed E-state index contributed by atoms with van der Waals surface area (Å²) in [6.07, 6.45) is 1.99. The summed E-state index contributed by atoms with van der Waals surface area (Å²) in [5, 5.41) is 9.36. The summed E-state index contributed by atoms with van der Waals surface area (Å²) in [5.74, 6) is -1.02. The van der Waals surface area contributed by atoms with E-state index in [1.807, 2.05) is 49.4 Å². The maximum Gasteiger partial charge on any atom is 0.335 e. The number of Topliss-reactive ketones (excluding diaryl/α,β-unsaturated/α-hetero) is 1. The van der Waals surface area contributed by atoms with Crippen LogP contribution < -0.4 is 0 Å². The number of hydrogen-bond donors (Lipinski definition) is 1. The lowest BCUT2D eigenvalue weighted by molar-refractivity contribution is 0.0696. The van der Waals surface area contributed by atoms with Gasteiger partial charge in [-0.1, -0.05) is 60.7 Å². The number of rotatable bonds is 7. The first-order valence-corrected chi connectivity index (χ1v) is 10.9. The van der Waals surface area contributed by atoms with Gasteiger partial charge in [-0.2, -0.15) is 0 Å². The molecule has 33 heavy (non-hydrogen) atoms. The molecule has 0 amide bonds. The second-order valence-corrected chi connectivity index (χ2v) is 8.23. The Morgan fingerprint density at radius 1 is 0.818 bits per heavy atom. The van der Waals surface area contributed by atoms with Crippen LogP contribution in [0.15, 0.2) is 91.1 Å². The molecule has 1 aromatic heterocycles. The van der Waals surface area contributed by atoms with Crippen LogP contribution in [0.1, 0.15) is 55.4 Å². The van der Waals surface area contributed by atoms with Gasteiger partial charge in [0.1, 0.15) is 0 Å².